The Labute approximate surface area is 208 Å². The van der Waals surface area contributed by atoms with E-state index < -0.39 is 6.04 Å². The Kier molecular flexibility index (Phi) is 12.1. The summed E-state index contributed by atoms with van der Waals surface area (Å²) in [4.78, 5) is 28.0. The molecule has 0 aliphatic heterocycles. The van der Waals surface area contributed by atoms with Gasteiger partial charge in [-0.1, -0.05) is 38.5 Å². The van der Waals surface area contributed by atoms with E-state index in [2.05, 4.69) is 12.2 Å². The van der Waals surface area contributed by atoms with Crippen molar-refractivity contribution in [3.8, 4) is 11.5 Å². The molecule has 0 aliphatic rings. The lowest BCUT2D eigenvalue weighted by Crippen LogP contribution is -2.49. The molecule has 0 unspecified atom stereocenters. The largest absolute Gasteiger partial charge is 0.490 e. The lowest BCUT2D eigenvalue weighted by molar-refractivity contribution is -0.141. The van der Waals surface area contributed by atoms with Crippen LogP contribution < -0.4 is 14.8 Å². The molecule has 0 saturated heterocycles. The molecule has 0 fully saturated rings. The fraction of sp³-hybridized carbons (Fsp3) is 0.500. The lowest BCUT2D eigenvalue weighted by Gasteiger charge is -2.31. The maximum absolute atomic E-state index is 13.4. The van der Waals surface area contributed by atoms with E-state index in [9.17, 15) is 14.0 Å². The molecule has 1 N–H and O–H groups in total. The number of aryl methyl sites for hydroxylation is 1. The minimum Gasteiger partial charge on any atom is -0.490 e. The average Bonchev–Trinajstić information content (AvgIpc) is 2.85. The second kappa shape index (κ2) is 15.0. The monoisotopic (exact) mass is 486 g/mol. The Bertz CT molecular complexity index is 933. The van der Waals surface area contributed by atoms with Crippen molar-refractivity contribution in [2.75, 3.05) is 19.8 Å². The zero-order valence-electron chi connectivity index (χ0n) is 21.4. The van der Waals surface area contributed by atoms with Crippen molar-refractivity contribution in [1.82, 2.24) is 10.2 Å². The van der Waals surface area contributed by atoms with Crippen molar-refractivity contribution >= 4 is 11.8 Å². The molecule has 0 aromatic heterocycles. The number of nitrogens with zero attached hydrogens (tertiary/aromatic N) is 1. The SMILES string of the molecule is CCCCNC(=O)[C@@H](CC)N(Cc1ccc(F)cc1)C(=O)CCc1ccc(OCC)c(OCC)c1. The van der Waals surface area contributed by atoms with Crippen LogP contribution in [-0.2, 0) is 22.6 Å². The molecule has 0 radical (unpaired) electrons. The molecule has 0 aliphatic carbocycles. The van der Waals surface area contributed by atoms with Gasteiger partial charge in [0, 0.05) is 19.5 Å². The molecular weight excluding hydrogens is 447 g/mol. The summed E-state index contributed by atoms with van der Waals surface area (Å²) in [5.41, 5.74) is 1.73. The molecule has 2 aromatic rings. The molecule has 0 bridgehead atoms. The van der Waals surface area contributed by atoms with Gasteiger partial charge >= 0.3 is 0 Å². The first kappa shape index (κ1) is 28.1. The number of halogens is 1. The molecule has 192 valence electrons. The van der Waals surface area contributed by atoms with E-state index in [0.717, 1.165) is 24.0 Å². The molecule has 0 spiro atoms. The average molecular weight is 487 g/mol. The number of rotatable bonds is 15. The van der Waals surface area contributed by atoms with E-state index in [4.69, 9.17) is 9.47 Å². The normalized spacial score (nSPS) is 11.6. The van der Waals surface area contributed by atoms with Crippen LogP contribution in [0.4, 0.5) is 4.39 Å². The van der Waals surface area contributed by atoms with Crippen LogP contribution >= 0.6 is 0 Å². The van der Waals surface area contributed by atoms with Crippen LogP contribution in [0.1, 0.15) is 64.5 Å². The summed E-state index contributed by atoms with van der Waals surface area (Å²) in [5, 5.41) is 2.96. The van der Waals surface area contributed by atoms with Crippen LogP contribution in [0.15, 0.2) is 42.5 Å². The predicted octanol–water partition coefficient (Wildman–Crippen LogP) is 5.28. The van der Waals surface area contributed by atoms with Gasteiger partial charge in [0.05, 0.1) is 13.2 Å². The first-order valence-corrected chi connectivity index (χ1v) is 12.6. The maximum Gasteiger partial charge on any atom is 0.242 e. The molecular formula is C28H39FN2O4. The number of nitrogens with one attached hydrogen (secondary N) is 1. The number of unbranched alkanes of at least 4 members (excludes halogenated alkanes) is 1. The number of benzene rings is 2. The number of hydrogen-bond acceptors (Lipinski definition) is 4. The highest BCUT2D eigenvalue weighted by Crippen LogP contribution is 2.29. The maximum atomic E-state index is 13.4. The van der Waals surface area contributed by atoms with E-state index in [1.807, 2.05) is 39.0 Å². The Morgan fingerprint density at radius 2 is 1.60 bits per heavy atom. The number of ether oxygens (including phenoxy) is 2. The zero-order valence-corrected chi connectivity index (χ0v) is 21.4. The van der Waals surface area contributed by atoms with Crippen LogP contribution in [0, 0.1) is 5.82 Å². The van der Waals surface area contributed by atoms with Crippen molar-refractivity contribution in [3.05, 3.63) is 59.4 Å². The molecule has 0 saturated carbocycles. The Balaban J connectivity index is 2.19. The summed E-state index contributed by atoms with van der Waals surface area (Å²) in [6.45, 7) is 9.66. The molecule has 35 heavy (non-hydrogen) atoms. The summed E-state index contributed by atoms with van der Waals surface area (Å²) in [5.74, 6) is 0.715. The predicted molar refractivity (Wildman–Crippen MR) is 136 cm³/mol. The number of carbonyl (C=O) groups is 2. The van der Waals surface area contributed by atoms with E-state index in [-0.39, 0.29) is 30.6 Å². The summed E-state index contributed by atoms with van der Waals surface area (Å²) in [6, 6.07) is 11.1. The van der Waals surface area contributed by atoms with Gasteiger partial charge in [-0.2, -0.15) is 0 Å². The standard InChI is InChI=1S/C28H39FN2O4/c1-5-9-18-30-28(33)24(6-2)31(20-22-10-14-23(29)15-11-22)27(32)17-13-21-12-16-25(34-7-3)26(19-21)35-8-4/h10-12,14-16,19,24H,5-9,13,17-18,20H2,1-4H3,(H,30,33)/t24-/m1/s1. The van der Waals surface area contributed by atoms with Crippen molar-refractivity contribution in [2.24, 2.45) is 0 Å². The van der Waals surface area contributed by atoms with Gasteiger partial charge in [0.25, 0.3) is 0 Å². The first-order valence-electron chi connectivity index (χ1n) is 12.6. The van der Waals surface area contributed by atoms with Crippen molar-refractivity contribution < 1.29 is 23.5 Å². The summed E-state index contributed by atoms with van der Waals surface area (Å²) in [7, 11) is 0. The number of carbonyl (C=O) groups excluding carboxylic acids is 2. The molecule has 2 amide bonds. The quantitative estimate of drug-likeness (QED) is 0.348. The smallest absolute Gasteiger partial charge is 0.242 e. The van der Waals surface area contributed by atoms with Crippen LogP contribution in [0.25, 0.3) is 0 Å². The third-order valence-corrected chi connectivity index (χ3v) is 5.72. The van der Waals surface area contributed by atoms with Gasteiger partial charge in [-0.25, -0.2) is 4.39 Å². The summed E-state index contributed by atoms with van der Waals surface area (Å²) in [6.07, 6.45) is 3.08. The van der Waals surface area contributed by atoms with E-state index in [1.165, 1.54) is 12.1 Å². The van der Waals surface area contributed by atoms with Gasteiger partial charge in [-0.05, 0) is 68.5 Å². The minimum absolute atomic E-state index is 0.126. The highest BCUT2D eigenvalue weighted by atomic mass is 19.1. The third-order valence-electron chi connectivity index (χ3n) is 5.72. The van der Waals surface area contributed by atoms with Crippen LogP contribution in [0.5, 0.6) is 11.5 Å². The van der Waals surface area contributed by atoms with E-state index in [1.54, 1.807) is 17.0 Å². The van der Waals surface area contributed by atoms with Crippen molar-refractivity contribution in [1.29, 1.82) is 0 Å². The third kappa shape index (κ3) is 8.89. The first-order chi connectivity index (χ1) is 16.9. The Morgan fingerprint density at radius 3 is 2.23 bits per heavy atom. The Hall–Kier alpha value is -3.09. The zero-order chi connectivity index (χ0) is 25.6. The summed E-state index contributed by atoms with van der Waals surface area (Å²) >= 11 is 0. The van der Waals surface area contributed by atoms with Gasteiger partial charge in [-0.3, -0.25) is 9.59 Å². The van der Waals surface area contributed by atoms with Gasteiger partial charge in [0.1, 0.15) is 11.9 Å². The molecule has 0 heterocycles. The van der Waals surface area contributed by atoms with Crippen LogP contribution in [0.3, 0.4) is 0 Å². The second-order valence-corrected chi connectivity index (χ2v) is 8.36. The molecule has 2 rings (SSSR count). The number of amides is 2. The summed E-state index contributed by atoms with van der Waals surface area (Å²) < 4.78 is 24.7. The highest BCUT2D eigenvalue weighted by molar-refractivity contribution is 5.87. The fourth-order valence-corrected chi connectivity index (χ4v) is 3.86. The molecule has 7 heteroatoms. The van der Waals surface area contributed by atoms with Gasteiger partial charge in [-0.15, -0.1) is 0 Å². The highest BCUT2D eigenvalue weighted by Gasteiger charge is 2.28. The molecule has 2 aromatic carbocycles. The van der Waals surface area contributed by atoms with Crippen LogP contribution in [0.2, 0.25) is 0 Å². The number of hydrogen-bond donors (Lipinski definition) is 1. The lowest BCUT2D eigenvalue weighted by atomic mass is 10.1. The molecule has 1 atom stereocenters. The topological polar surface area (TPSA) is 67.9 Å². The van der Waals surface area contributed by atoms with Gasteiger partial charge < -0.3 is 19.7 Å². The van der Waals surface area contributed by atoms with E-state index >= 15 is 0 Å². The van der Waals surface area contributed by atoms with Gasteiger partial charge in [0.2, 0.25) is 11.8 Å². The molecule has 6 nitrogen and oxygen atoms in total. The Morgan fingerprint density at radius 1 is 0.943 bits per heavy atom. The van der Waals surface area contributed by atoms with Crippen molar-refractivity contribution in [2.45, 2.75) is 72.4 Å². The minimum atomic E-state index is -0.594. The second-order valence-electron chi connectivity index (χ2n) is 8.36. The van der Waals surface area contributed by atoms with Crippen LogP contribution in [-0.4, -0.2) is 42.5 Å². The van der Waals surface area contributed by atoms with Crippen molar-refractivity contribution in [3.63, 3.8) is 0 Å². The van der Waals surface area contributed by atoms with E-state index in [0.29, 0.717) is 44.1 Å². The van der Waals surface area contributed by atoms with Gasteiger partial charge in [0.15, 0.2) is 11.5 Å². The fourth-order valence-electron chi connectivity index (χ4n) is 3.86.